The van der Waals surface area contributed by atoms with Gasteiger partial charge in [-0.1, -0.05) is 0 Å². The van der Waals surface area contributed by atoms with Crippen LogP contribution < -0.4 is 21.6 Å². The van der Waals surface area contributed by atoms with Gasteiger partial charge in [0.15, 0.2) is 11.0 Å². The van der Waals surface area contributed by atoms with Crippen molar-refractivity contribution in [2.45, 2.75) is 70.4 Å². The van der Waals surface area contributed by atoms with E-state index < -0.39 is 23.3 Å². The van der Waals surface area contributed by atoms with Crippen molar-refractivity contribution in [3.63, 3.8) is 0 Å². The standard InChI is InChI=1S/C31H32N4O7/c1-15-9-20(36)27-22(39-15)14-21-18(28(27)37)13-24(30(2,3)41-21)40-29(38)31(4)23(42-31)6-5-16-10-19(35-26(33)11-16)17-7-8-34-25(32)12-17/h7-12,14,23-24,37H,5-6,13H2,1-4H3,(H2,32,34)(H2,33,35)/t23-,24-,31+/m1/s1. The zero-order valence-electron chi connectivity index (χ0n) is 23.8. The summed E-state index contributed by atoms with van der Waals surface area (Å²) in [4.78, 5) is 34.4. The highest BCUT2D eigenvalue weighted by molar-refractivity contribution is 5.87. The minimum absolute atomic E-state index is 0.0672. The second-order valence-corrected chi connectivity index (χ2v) is 11.6. The number of phenols is 1. The molecule has 4 aromatic rings. The molecule has 11 nitrogen and oxygen atoms in total. The zero-order valence-corrected chi connectivity index (χ0v) is 23.8. The molecule has 5 N–H and O–H groups in total. The lowest BCUT2D eigenvalue weighted by molar-refractivity contribution is -0.166. The molecule has 0 aliphatic carbocycles. The van der Waals surface area contributed by atoms with Gasteiger partial charge in [0.2, 0.25) is 0 Å². The largest absolute Gasteiger partial charge is 0.507 e. The number of rotatable bonds is 6. The molecule has 1 saturated heterocycles. The fourth-order valence-corrected chi connectivity index (χ4v) is 5.52. The summed E-state index contributed by atoms with van der Waals surface area (Å²) in [6.45, 7) is 6.97. The number of hydrogen-bond acceptors (Lipinski definition) is 11. The van der Waals surface area contributed by atoms with Crippen LogP contribution in [0.5, 0.6) is 11.5 Å². The van der Waals surface area contributed by atoms with Gasteiger partial charge >= 0.3 is 5.97 Å². The molecule has 0 spiro atoms. The Balaban J connectivity index is 1.15. The van der Waals surface area contributed by atoms with Gasteiger partial charge < -0.3 is 35.2 Å². The molecular formula is C31H32N4O7. The highest BCUT2D eigenvalue weighted by Gasteiger charge is 2.60. The fourth-order valence-electron chi connectivity index (χ4n) is 5.52. The molecule has 6 rings (SSSR count). The van der Waals surface area contributed by atoms with E-state index >= 15 is 0 Å². The molecular weight excluding hydrogens is 540 g/mol. The van der Waals surface area contributed by atoms with Crippen LogP contribution in [0.2, 0.25) is 0 Å². The first kappa shape index (κ1) is 27.5. The van der Waals surface area contributed by atoms with Crippen LogP contribution in [0.1, 0.15) is 44.1 Å². The summed E-state index contributed by atoms with van der Waals surface area (Å²) in [5, 5.41) is 11.0. The van der Waals surface area contributed by atoms with Gasteiger partial charge in [0.25, 0.3) is 0 Å². The van der Waals surface area contributed by atoms with E-state index in [2.05, 4.69) is 9.97 Å². The number of aromatic hydroxyl groups is 1. The van der Waals surface area contributed by atoms with Crippen molar-refractivity contribution in [2.75, 3.05) is 11.5 Å². The van der Waals surface area contributed by atoms with E-state index in [-0.39, 0.29) is 34.7 Å². The van der Waals surface area contributed by atoms with Crippen LogP contribution in [-0.4, -0.2) is 44.5 Å². The van der Waals surface area contributed by atoms with Crippen LogP contribution in [-0.2, 0) is 27.1 Å². The van der Waals surface area contributed by atoms with Crippen LogP contribution in [0, 0.1) is 6.92 Å². The topological polar surface area (TPSA) is 176 Å². The number of phenolic OH excluding ortho intramolecular Hbond substituents is 1. The number of hydrogen-bond donors (Lipinski definition) is 3. The molecule has 0 saturated carbocycles. The summed E-state index contributed by atoms with van der Waals surface area (Å²) < 4.78 is 23.6. The Hall–Kier alpha value is -4.64. The summed E-state index contributed by atoms with van der Waals surface area (Å²) >= 11 is 0. The summed E-state index contributed by atoms with van der Waals surface area (Å²) in [5.41, 5.74) is 12.5. The predicted octanol–water partition coefficient (Wildman–Crippen LogP) is 3.84. The molecule has 11 heteroatoms. The number of aromatic nitrogens is 2. The average molecular weight is 573 g/mol. The van der Waals surface area contributed by atoms with Crippen LogP contribution in [0.25, 0.3) is 22.2 Å². The van der Waals surface area contributed by atoms with Crippen molar-refractivity contribution >= 4 is 28.6 Å². The van der Waals surface area contributed by atoms with Gasteiger partial charge in [-0.05, 0) is 70.4 Å². The van der Waals surface area contributed by atoms with Crippen molar-refractivity contribution in [3.8, 4) is 22.8 Å². The van der Waals surface area contributed by atoms with E-state index in [1.54, 1.807) is 52.1 Å². The van der Waals surface area contributed by atoms with Crippen LogP contribution in [0.15, 0.2) is 51.8 Å². The number of carbonyl (C=O) groups excluding carboxylic acids is 1. The first-order valence-corrected chi connectivity index (χ1v) is 13.7. The Morgan fingerprint density at radius 2 is 1.93 bits per heavy atom. The van der Waals surface area contributed by atoms with Gasteiger partial charge in [0.1, 0.15) is 51.6 Å². The third-order valence-corrected chi connectivity index (χ3v) is 7.99. The van der Waals surface area contributed by atoms with Crippen LogP contribution in [0.4, 0.5) is 11.6 Å². The lowest BCUT2D eigenvalue weighted by Crippen LogP contribution is -2.50. The van der Waals surface area contributed by atoms with E-state index in [9.17, 15) is 14.7 Å². The second kappa shape index (κ2) is 9.73. The molecule has 0 bridgehead atoms. The maximum atomic E-state index is 13.4. The van der Waals surface area contributed by atoms with E-state index in [0.717, 1.165) is 11.1 Å². The number of aryl methyl sites for hydroxylation is 2. The van der Waals surface area contributed by atoms with E-state index in [1.807, 2.05) is 12.1 Å². The average Bonchev–Trinajstić information content (AvgIpc) is 3.58. The molecule has 0 radical (unpaired) electrons. The molecule has 0 unspecified atom stereocenters. The molecule has 2 aliphatic heterocycles. The smallest absolute Gasteiger partial charge is 0.341 e. The van der Waals surface area contributed by atoms with Crippen molar-refractivity contribution < 1.29 is 28.5 Å². The number of benzene rings is 1. The number of anilines is 2. The summed E-state index contributed by atoms with van der Waals surface area (Å²) in [5.74, 6) is 0.815. The van der Waals surface area contributed by atoms with Gasteiger partial charge in [-0.15, -0.1) is 0 Å². The SMILES string of the molecule is Cc1cc(=O)c2c(O)c3c(cc2o1)OC(C)(C)[C@H](OC(=O)[C@@]1(C)O[C@@H]1CCc1cc(N)nc(-c2ccnc(N)c2)c1)C3. The van der Waals surface area contributed by atoms with Crippen molar-refractivity contribution in [1.82, 2.24) is 9.97 Å². The Morgan fingerprint density at radius 3 is 2.69 bits per heavy atom. The third kappa shape index (κ3) is 4.89. The second-order valence-electron chi connectivity index (χ2n) is 11.6. The number of epoxide rings is 1. The Morgan fingerprint density at radius 1 is 1.14 bits per heavy atom. The van der Waals surface area contributed by atoms with Crippen molar-refractivity contribution in [3.05, 3.63) is 69.7 Å². The van der Waals surface area contributed by atoms with Crippen molar-refractivity contribution in [1.29, 1.82) is 0 Å². The molecule has 1 fully saturated rings. The zero-order chi connectivity index (χ0) is 30.0. The molecule has 2 aliphatic rings. The predicted molar refractivity (Wildman–Crippen MR) is 155 cm³/mol. The monoisotopic (exact) mass is 572 g/mol. The number of fused-ring (bicyclic) bond motifs is 2. The molecule has 3 aromatic heterocycles. The summed E-state index contributed by atoms with van der Waals surface area (Å²) in [6, 6.07) is 10.2. The first-order valence-electron chi connectivity index (χ1n) is 13.7. The number of nitrogens with two attached hydrogens (primary N) is 2. The number of ether oxygens (including phenoxy) is 3. The van der Waals surface area contributed by atoms with Crippen LogP contribution >= 0.6 is 0 Å². The maximum Gasteiger partial charge on any atom is 0.341 e. The van der Waals surface area contributed by atoms with Gasteiger partial charge in [-0.2, -0.15) is 0 Å². The highest BCUT2D eigenvalue weighted by atomic mass is 16.7. The number of nitrogens with zero attached hydrogens (tertiary/aromatic N) is 2. The Bertz CT molecular complexity index is 1800. The minimum atomic E-state index is -1.12. The first-order chi connectivity index (χ1) is 19.8. The highest BCUT2D eigenvalue weighted by Crippen LogP contribution is 2.45. The van der Waals surface area contributed by atoms with E-state index in [0.29, 0.717) is 47.2 Å². The number of carbonyl (C=O) groups is 1. The normalized spacial score (nSPS) is 22.3. The number of pyridine rings is 2. The Labute approximate surface area is 241 Å². The van der Waals surface area contributed by atoms with E-state index in [1.165, 1.54) is 6.07 Å². The molecule has 0 amide bonds. The van der Waals surface area contributed by atoms with Gasteiger partial charge in [-0.3, -0.25) is 4.79 Å². The van der Waals surface area contributed by atoms with Gasteiger partial charge in [0, 0.05) is 35.9 Å². The molecule has 218 valence electrons. The van der Waals surface area contributed by atoms with Gasteiger partial charge in [-0.25, -0.2) is 14.8 Å². The lowest BCUT2D eigenvalue weighted by atomic mass is 9.89. The van der Waals surface area contributed by atoms with Gasteiger partial charge in [0.05, 0.1) is 11.8 Å². The number of nitrogen functional groups attached to an aromatic ring is 2. The number of esters is 1. The lowest BCUT2D eigenvalue weighted by Gasteiger charge is -2.39. The quantitative estimate of drug-likeness (QED) is 0.226. The van der Waals surface area contributed by atoms with Crippen LogP contribution in [0.3, 0.4) is 0 Å². The third-order valence-electron chi connectivity index (χ3n) is 7.99. The Kier molecular flexibility index (Phi) is 6.38. The molecule has 42 heavy (non-hydrogen) atoms. The fraction of sp³-hybridized carbons (Fsp3) is 0.355. The summed E-state index contributed by atoms with van der Waals surface area (Å²) in [6.07, 6.45) is 1.83. The molecule has 3 atom stereocenters. The van der Waals surface area contributed by atoms with Crippen molar-refractivity contribution in [2.24, 2.45) is 0 Å². The summed E-state index contributed by atoms with van der Waals surface area (Å²) in [7, 11) is 0. The molecule has 5 heterocycles. The minimum Gasteiger partial charge on any atom is -0.507 e. The molecule has 1 aromatic carbocycles. The maximum absolute atomic E-state index is 13.4. The van der Waals surface area contributed by atoms with E-state index in [4.69, 9.17) is 30.1 Å².